The molecule has 1 saturated heterocycles. The molecule has 8 nitrogen and oxygen atoms in total. The zero-order valence-electron chi connectivity index (χ0n) is 13.0. The average molecular weight is 338 g/mol. The second-order valence-corrected chi connectivity index (χ2v) is 7.33. The summed E-state index contributed by atoms with van der Waals surface area (Å²) in [5, 5.41) is 4.08. The Kier molecular flexibility index (Phi) is 3.99. The van der Waals surface area contributed by atoms with Gasteiger partial charge in [0.05, 0.1) is 12.0 Å². The predicted molar refractivity (Wildman–Crippen MR) is 81.3 cm³/mol. The van der Waals surface area contributed by atoms with E-state index in [-0.39, 0.29) is 29.7 Å². The molecule has 2 aromatic heterocycles. The third-order valence-corrected chi connectivity index (χ3v) is 5.85. The molecule has 2 aromatic rings. The second kappa shape index (κ2) is 5.82. The van der Waals surface area contributed by atoms with Crippen molar-refractivity contribution in [2.75, 3.05) is 26.2 Å². The Labute approximate surface area is 134 Å². The van der Waals surface area contributed by atoms with Crippen LogP contribution in [0.3, 0.4) is 0 Å². The Morgan fingerprint density at radius 2 is 1.96 bits per heavy atom. The molecule has 0 radical (unpaired) electrons. The lowest BCUT2D eigenvalue weighted by Crippen LogP contribution is -2.50. The number of carbonyl (C=O) groups is 1. The summed E-state index contributed by atoms with van der Waals surface area (Å²) in [5.74, 6) is 0.0500. The van der Waals surface area contributed by atoms with Gasteiger partial charge in [-0.25, -0.2) is 8.42 Å². The fourth-order valence-electron chi connectivity index (χ4n) is 2.66. The summed E-state index contributed by atoms with van der Waals surface area (Å²) in [7, 11) is -1.90. The van der Waals surface area contributed by atoms with Crippen molar-refractivity contribution in [3.05, 3.63) is 36.0 Å². The Bertz CT molecular complexity index is 802. The van der Waals surface area contributed by atoms with Crippen LogP contribution in [0.4, 0.5) is 0 Å². The van der Waals surface area contributed by atoms with Crippen LogP contribution in [0.25, 0.3) is 0 Å². The van der Waals surface area contributed by atoms with Gasteiger partial charge in [-0.1, -0.05) is 0 Å². The molecule has 1 fully saturated rings. The number of rotatable bonds is 3. The molecular weight excluding hydrogens is 320 g/mol. The standard InChI is InChI=1S/C14H18N4O4S/c1-11-13(10-16(2)15-11)23(20,21)18-7-5-17(6-8-18)14(19)12-4-3-9-22-12/h3-4,9-10H,5-8H2,1-2H3. The van der Waals surface area contributed by atoms with Crippen LogP contribution >= 0.6 is 0 Å². The molecule has 0 unspecified atom stereocenters. The smallest absolute Gasteiger partial charge is 0.289 e. The number of aryl methyl sites for hydroxylation is 2. The van der Waals surface area contributed by atoms with Crippen LogP contribution in [-0.4, -0.2) is 59.5 Å². The van der Waals surface area contributed by atoms with Gasteiger partial charge in [0.15, 0.2) is 5.76 Å². The van der Waals surface area contributed by atoms with E-state index in [1.54, 1.807) is 31.0 Å². The van der Waals surface area contributed by atoms with Gasteiger partial charge < -0.3 is 9.32 Å². The van der Waals surface area contributed by atoms with Crippen LogP contribution in [0.5, 0.6) is 0 Å². The van der Waals surface area contributed by atoms with Crippen LogP contribution in [0.15, 0.2) is 33.9 Å². The fourth-order valence-corrected chi connectivity index (χ4v) is 4.28. The highest BCUT2D eigenvalue weighted by Crippen LogP contribution is 2.20. The number of aromatic nitrogens is 2. The molecule has 23 heavy (non-hydrogen) atoms. The number of hydrogen-bond donors (Lipinski definition) is 0. The normalized spacial score (nSPS) is 16.7. The first kappa shape index (κ1) is 15.8. The molecule has 0 aliphatic carbocycles. The molecule has 0 spiro atoms. The maximum Gasteiger partial charge on any atom is 0.289 e. The van der Waals surface area contributed by atoms with Gasteiger partial charge in [-0.3, -0.25) is 9.48 Å². The molecule has 3 rings (SSSR count). The highest BCUT2D eigenvalue weighted by Gasteiger charge is 2.32. The summed E-state index contributed by atoms with van der Waals surface area (Å²) in [4.78, 5) is 14.0. The number of carbonyl (C=O) groups excluding carboxylic acids is 1. The van der Waals surface area contributed by atoms with E-state index in [0.717, 1.165) is 0 Å². The molecule has 3 heterocycles. The first-order valence-electron chi connectivity index (χ1n) is 7.23. The highest BCUT2D eigenvalue weighted by molar-refractivity contribution is 7.89. The monoisotopic (exact) mass is 338 g/mol. The average Bonchev–Trinajstić information content (AvgIpc) is 3.16. The molecule has 1 amide bonds. The summed E-state index contributed by atoms with van der Waals surface area (Å²) in [5.41, 5.74) is 0.474. The molecule has 9 heteroatoms. The lowest BCUT2D eigenvalue weighted by molar-refractivity contribution is 0.0666. The Morgan fingerprint density at radius 1 is 1.26 bits per heavy atom. The maximum atomic E-state index is 12.7. The van der Waals surface area contributed by atoms with Crippen LogP contribution in [0, 0.1) is 6.92 Å². The van der Waals surface area contributed by atoms with Gasteiger partial charge in [-0.05, 0) is 19.1 Å². The van der Waals surface area contributed by atoms with Crippen LogP contribution in [0.2, 0.25) is 0 Å². The zero-order chi connectivity index (χ0) is 16.6. The van der Waals surface area contributed by atoms with Gasteiger partial charge in [0.25, 0.3) is 5.91 Å². The van der Waals surface area contributed by atoms with Crippen molar-refractivity contribution in [3.8, 4) is 0 Å². The summed E-state index contributed by atoms with van der Waals surface area (Å²) in [6.45, 7) is 2.84. The number of furan rings is 1. The molecule has 124 valence electrons. The van der Waals surface area contributed by atoms with Crippen molar-refractivity contribution >= 4 is 15.9 Å². The zero-order valence-corrected chi connectivity index (χ0v) is 13.8. The van der Waals surface area contributed by atoms with Crippen LogP contribution in [-0.2, 0) is 17.1 Å². The fraction of sp³-hybridized carbons (Fsp3) is 0.429. The van der Waals surface area contributed by atoms with E-state index in [9.17, 15) is 13.2 Å². The molecular formula is C14H18N4O4S. The van der Waals surface area contributed by atoms with Gasteiger partial charge in [-0.2, -0.15) is 9.40 Å². The maximum absolute atomic E-state index is 12.7. The lowest BCUT2D eigenvalue weighted by atomic mass is 10.3. The summed E-state index contributed by atoms with van der Waals surface area (Å²) < 4.78 is 33.3. The SMILES string of the molecule is Cc1nn(C)cc1S(=O)(=O)N1CCN(C(=O)c2ccco2)CC1. The predicted octanol–water partition coefficient (Wildman–Crippen LogP) is 0.468. The van der Waals surface area contributed by atoms with E-state index in [1.807, 2.05) is 0 Å². The number of hydrogen-bond acceptors (Lipinski definition) is 5. The van der Waals surface area contributed by atoms with E-state index in [2.05, 4.69) is 5.10 Å². The quantitative estimate of drug-likeness (QED) is 0.811. The van der Waals surface area contributed by atoms with Gasteiger partial charge >= 0.3 is 0 Å². The largest absolute Gasteiger partial charge is 0.459 e. The minimum atomic E-state index is -3.59. The van der Waals surface area contributed by atoms with E-state index in [1.165, 1.54) is 21.4 Å². The van der Waals surface area contributed by atoms with E-state index in [0.29, 0.717) is 18.8 Å². The highest BCUT2D eigenvalue weighted by atomic mass is 32.2. The number of piperazine rings is 1. The second-order valence-electron chi connectivity index (χ2n) is 5.43. The van der Waals surface area contributed by atoms with E-state index in [4.69, 9.17) is 4.42 Å². The molecule has 0 N–H and O–H groups in total. The third-order valence-electron chi connectivity index (χ3n) is 3.84. The van der Waals surface area contributed by atoms with Crippen LogP contribution < -0.4 is 0 Å². The van der Waals surface area contributed by atoms with Gasteiger partial charge in [-0.15, -0.1) is 0 Å². The van der Waals surface area contributed by atoms with E-state index >= 15 is 0 Å². The Hall–Kier alpha value is -2.13. The molecule has 0 aromatic carbocycles. The van der Waals surface area contributed by atoms with Gasteiger partial charge in [0, 0.05) is 39.4 Å². The first-order valence-corrected chi connectivity index (χ1v) is 8.67. The van der Waals surface area contributed by atoms with Crippen molar-refractivity contribution in [2.24, 2.45) is 7.05 Å². The van der Waals surface area contributed by atoms with Crippen LogP contribution in [0.1, 0.15) is 16.2 Å². The minimum Gasteiger partial charge on any atom is -0.459 e. The van der Waals surface area contributed by atoms with Gasteiger partial charge in [0.1, 0.15) is 4.90 Å². The lowest BCUT2D eigenvalue weighted by Gasteiger charge is -2.33. The molecule has 0 bridgehead atoms. The topological polar surface area (TPSA) is 88.7 Å². The minimum absolute atomic E-state index is 0.214. The third kappa shape index (κ3) is 2.89. The van der Waals surface area contributed by atoms with Crippen molar-refractivity contribution in [2.45, 2.75) is 11.8 Å². The molecule has 1 aliphatic rings. The van der Waals surface area contributed by atoms with Gasteiger partial charge in [0.2, 0.25) is 10.0 Å². The summed E-state index contributed by atoms with van der Waals surface area (Å²) in [6, 6.07) is 3.25. The number of amides is 1. The van der Waals surface area contributed by atoms with Crippen molar-refractivity contribution in [1.29, 1.82) is 0 Å². The number of nitrogens with zero attached hydrogens (tertiary/aromatic N) is 4. The Morgan fingerprint density at radius 3 is 2.48 bits per heavy atom. The first-order chi connectivity index (χ1) is 10.9. The summed E-state index contributed by atoms with van der Waals surface area (Å²) >= 11 is 0. The van der Waals surface area contributed by atoms with Crippen molar-refractivity contribution in [3.63, 3.8) is 0 Å². The number of sulfonamides is 1. The molecule has 1 aliphatic heterocycles. The molecule has 0 atom stereocenters. The molecule has 0 saturated carbocycles. The summed E-state index contributed by atoms with van der Waals surface area (Å²) in [6.07, 6.45) is 2.95. The van der Waals surface area contributed by atoms with E-state index < -0.39 is 10.0 Å². The van der Waals surface area contributed by atoms with Crippen molar-refractivity contribution < 1.29 is 17.6 Å². The Balaban J connectivity index is 1.71. The van der Waals surface area contributed by atoms with Crippen molar-refractivity contribution in [1.82, 2.24) is 19.0 Å².